The smallest absolute Gasteiger partial charge is 0.327 e. The molecule has 1 N–H and O–H groups in total. The van der Waals surface area contributed by atoms with Gasteiger partial charge >= 0.3 is 5.97 Å². The first kappa shape index (κ1) is 15.7. The van der Waals surface area contributed by atoms with Crippen molar-refractivity contribution in [2.45, 2.75) is 19.0 Å². The van der Waals surface area contributed by atoms with Crippen molar-refractivity contribution in [3.05, 3.63) is 35.9 Å². The van der Waals surface area contributed by atoms with Crippen LogP contribution in [0.1, 0.15) is 18.5 Å². The molecule has 0 radical (unpaired) electrons. The Morgan fingerprint density at radius 3 is 2.37 bits per heavy atom. The van der Waals surface area contributed by atoms with E-state index in [-0.39, 0.29) is 11.8 Å². The highest BCUT2D eigenvalue weighted by atomic mass is 32.2. The molecule has 0 amide bonds. The van der Waals surface area contributed by atoms with Gasteiger partial charge in [-0.3, -0.25) is 5.32 Å². The van der Waals surface area contributed by atoms with Crippen LogP contribution in [-0.4, -0.2) is 39.5 Å². The van der Waals surface area contributed by atoms with Crippen molar-refractivity contribution in [3.8, 4) is 0 Å². The summed E-state index contributed by atoms with van der Waals surface area (Å²) in [6, 6.07) is 8.05. The van der Waals surface area contributed by atoms with Crippen molar-refractivity contribution in [3.63, 3.8) is 0 Å². The molecule has 6 heteroatoms. The lowest BCUT2D eigenvalue weighted by atomic mass is 10.1. The van der Waals surface area contributed by atoms with Gasteiger partial charge in [0, 0.05) is 12.3 Å². The van der Waals surface area contributed by atoms with Gasteiger partial charge < -0.3 is 4.74 Å². The molecule has 0 heterocycles. The minimum Gasteiger partial charge on any atom is -0.468 e. The van der Waals surface area contributed by atoms with Gasteiger partial charge in [-0.1, -0.05) is 30.3 Å². The minimum absolute atomic E-state index is 0.0344. The highest BCUT2D eigenvalue weighted by Crippen LogP contribution is 2.15. The largest absolute Gasteiger partial charge is 0.468 e. The number of hydrogen-bond acceptors (Lipinski definition) is 5. The maximum Gasteiger partial charge on any atom is 0.327 e. The summed E-state index contributed by atoms with van der Waals surface area (Å²) in [5.41, 5.74) is 0.745. The van der Waals surface area contributed by atoms with Gasteiger partial charge in [0.25, 0.3) is 0 Å². The maximum atomic E-state index is 11.8. The van der Waals surface area contributed by atoms with Crippen LogP contribution >= 0.6 is 0 Å². The van der Waals surface area contributed by atoms with Gasteiger partial charge in [0.1, 0.15) is 15.9 Å². The third kappa shape index (κ3) is 5.40. The maximum absolute atomic E-state index is 11.8. The molecule has 5 nitrogen and oxygen atoms in total. The van der Waals surface area contributed by atoms with Gasteiger partial charge in [0.15, 0.2) is 0 Å². The Balaban J connectivity index is 2.85. The summed E-state index contributed by atoms with van der Waals surface area (Å²) in [6.07, 6.45) is 1.17. The number of hydrogen-bond donors (Lipinski definition) is 1. The molecule has 0 saturated heterocycles. The zero-order valence-electron chi connectivity index (χ0n) is 11.3. The number of esters is 1. The van der Waals surface area contributed by atoms with Gasteiger partial charge in [-0.15, -0.1) is 0 Å². The Labute approximate surface area is 113 Å². The normalized spacial score (nSPS) is 14.7. The molecule has 2 unspecified atom stereocenters. The summed E-state index contributed by atoms with van der Waals surface area (Å²) in [4.78, 5) is 11.8. The first-order valence-electron chi connectivity index (χ1n) is 5.90. The molecule has 1 aromatic rings. The van der Waals surface area contributed by atoms with Crippen LogP contribution in [0.3, 0.4) is 0 Å². The fourth-order valence-electron chi connectivity index (χ4n) is 1.85. The Bertz CT molecular complexity index is 513. The highest BCUT2D eigenvalue weighted by Gasteiger charge is 2.24. The summed E-state index contributed by atoms with van der Waals surface area (Å²) < 4.78 is 27.2. The molecular weight excluding hydrogens is 266 g/mol. The molecule has 106 valence electrons. The summed E-state index contributed by atoms with van der Waals surface area (Å²) in [5, 5.41) is 2.99. The molecular formula is C13H19NO4S. The number of benzene rings is 1. The van der Waals surface area contributed by atoms with Crippen molar-refractivity contribution in [2.75, 3.05) is 19.1 Å². The Hall–Kier alpha value is -1.40. The first-order valence-corrected chi connectivity index (χ1v) is 7.96. The molecule has 0 bridgehead atoms. The SMILES string of the molecule is COC(=O)C(NC(C)CS(C)(=O)=O)c1ccccc1. The van der Waals surface area contributed by atoms with Crippen LogP contribution in [0, 0.1) is 0 Å². The predicted octanol–water partition coefficient (Wildman–Crippen LogP) is 0.923. The van der Waals surface area contributed by atoms with E-state index >= 15 is 0 Å². The van der Waals surface area contributed by atoms with Gasteiger partial charge in [0.2, 0.25) is 0 Å². The third-order valence-electron chi connectivity index (χ3n) is 2.57. The lowest BCUT2D eigenvalue weighted by molar-refractivity contribution is -0.143. The van der Waals surface area contributed by atoms with Gasteiger partial charge in [-0.05, 0) is 12.5 Å². The van der Waals surface area contributed by atoms with Crippen LogP contribution < -0.4 is 5.32 Å². The summed E-state index contributed by atoms with van der Waals surface area (Å²) >= 11 is 0. The van der Waals surface area contributed by atoms with Crippen molar-refractivity contribution < 1.29 is 17.9 Å². The van der Waals surface area contributed by atoms with Crippen LogP contribution in [0.15, 0.2) is 30.3 Å². The molecule has 0 fully saturated rings. The van der Waals surface area contributed by atoms with Gasteiger partial charge in [-0.2, -0.15) is 0 Å². The molecule has 0 aliphatic carbocycles. The zero-order chi connectivity index (χ0) is 14.5. The minimum atomic E-state index is -3.10. The summed E-state index contributed by atoms with van der Waals surface area (Å²) in [7, 11) is -1.79. The second-order valence-corrected chi connectivity index (χ2v) is 6.71. The average molecular weight is 285 g/mol. The van der Waals surface area contributed by atoms with E-state index in [1.165, 1.54) is 13.4 Å². The number of sulfone groups is 1. The highest BCUT2D eigenvalue weighted by molar-refractivity contribution is 7.90. The lowest BCUT2D eigenvalue weighted by Crippen LogP contribution is -2.39. The van der Waals surface area contributed by atoms with Crippen LogP contribution in [-0.2, 0) is 19.4 Å². The fraction of sp³-hybridized carbons (Fsp3) is 0.462. The van der Waals surface area contributed by atoms with E-state index in [2.05, 4.69) is 5.32 Å². The van der Waals surface area contributed by atoms with Crippen LogP contribution in [0.5, 0.6) is 0 Å². The molecule has 0 aliphatic heterocycles. The molecule has 19 heavy (non-hydrogen) atoms. The molecule has 1 aromatic carbocycles. The topological polar surface area (TPSA) is 72.5 Å². The van der Waals surface area contributed by atoms with Crippen molar-refractivity contribution >= 4 is 15.8 Å². The zero-order valence-corrected chi connectivity index (χ0v) is 12.1. The predicted molar refractivity (Wildman–Crippen MR) is 73.5 cm³/mol. The molecule has 1 rings (SSSR count). The lowest BCUT2D eigenvalue weighted by Gasteiger charge is -2.21. The Kier molecular flexibility index (Phi) is 5.50. The molecule has 0 spiro atoms. The number of methoxy groups -OCH3 is 1. The van der Waals surface area contributed by atoms with E-state index in [0.29, 0.717) is 0 Å². The van der Waals surface area contributed by atoms with Gasteiger partial charge in [-0.25, -0.2) is 13.2 Å². The Morgan fingerprint density at radius 2 is 1.89 bits per heavy atom. The third-order valence-corrected chi connectivity index (χ3v) is 3.68. The van der Waals surface area contributed by atoms with Crippen molar-refractivity contribution in [1.82, 2.24) is 5.32 Å². The number of nitrogens with one attached hydrogen (secondary N) is 1. The van der Waals surface area contributed by atoms with Crippen LogP contribution in [0.2, 0.25) is 0 Å². The van der Waals surface area contributed by atoms with E-state index in [0.717, 1.165) is 5.56 Å². The second kappa shape index (κ2) is 6.68. The van der Waals surface area contributed by atoms with E-state index < -0.39 is 21.8 Å². The molecule has 0 saturated carbocycles. The number of ether oxygens (including phenoxy) is 1. The van der Waals surface area contributed by atoms with E-state index in [1.807, 2.05) is 18.2 Å². The summed E-state index contributed by atoms with van der Waals surface area (Å²) in [6.45, 7) is 1.72. The van der Waals surface area contributed by atoms with E-state index in [9.17, 15) is 13.2 Å². The first-order chi connectivity index (χ1) is 8.83. The second-order valence-electron chi connectivity index (χ2n) is 4.53. The Morgan fingerprint density at radius 1 is 1.32 bits per heavy atom. The number of carbonyl (C=O) groups is 1. The standard InChI is InChI=1S/C13H19NO4S/c1-10(9-19(3,16)17)14-12(13(15)18-2)11-7-5-4-6-8-11/h4-8,10,12,14H,9H2,1-3H3. The average Bonchev–Trinajstić information content (AvgIpc) is 2.34. The van der Waals surface area contributed by atoms with E-state index in [4.69, 9.17) is 4.74 Å². The van der Waals surface area contributed by atoms with Crippen LogP contribution in [0.25, 0.3) is 0 Å². The van der Waals surface area contributed by atoms with Crippen molar-refractivity contribution in [2.24, 2.45) is 0 Å². The number of rotatable bonds is 6. The number of carbonyl (C=O) groups excluding carboxylic acids is 1. The monoisotopic (exact) mass is 285 g/mol. The van der Waals surface area contributed by atoms with Crippen molar-refractivity contribution in [1.29, 1.82) is 0 Å². The molecule has 0 aliphatic rings. The fourth-order valence-corrected chi connectivity index (χ4v) is 2.85. The van der Waals surface area contributed by atoms with Gasteiger partial charge in [0.05, 0.1) is 12.9 Å². The molecule has 2 atom stereocenters. The molecule has 0 aromatic heterocycles. The van der Waals surface area contributed by atoms with Crippen LogP contribution in [0.4, 0.5) is 0 Å². The van der Waals surface area contributed by atoms with E-state index in [1.54, 1.807) is 19.1 Å². The summed E-state index contributed by atoms with van der Waals surface area (Å²) in [5.74, 6) is -0.473. The quantitative estimate of drug-likeness (QED) is 0.787.